The van der Waals surface area contributed by atoms with Crippen LogP contribution in [0.25, 0.3) is 22.9 Å². The Morgan fingerprint density at radius 3 is 2.58 bits per heavy atom. The van der Waals surface area contributed by atoms with Crippen molar-refractivity contribution in [2.24, 2.45) is 0 Å². The number of piperidine rings is 1. The normalized spacial score (nSPS) is 14.7. The minimum atomic E-state index is -1.52. The number of aromatic nitrogens is 5. The lowest BCUT2D eigenvalue weighted by Gasteiger charge is -2.39. The second kappa shape index (κ2) is 11.2. The van der Waals surface area contributed by atoms with Gasteiger partial charge in [0.15, 0.2) is 17.5 Å². The molecule has 0 saturated carbocycles. The van der Waals surface area contributed by atoms with Crippen molar-refractivity contribution in [3.05, 3.63) is 66.1 Å². The number of hydrogen-bond donors (Lipinski definition) is 2. The molecule has 40 heavy (non-hydrogen) atoms. The van der Waals surface area contributed by atoms with Gasteiger partial charge in [-0.15, -0.1) is 0 Å². The van der Waals surface area contributed by atoms with Crippen LogP contribution in [0.2, 0.25) is 0 Å². The summed E-state index contributed by atoms with van der Waals surface area (Å²) in [7, 11) is 0. The highest BCUT2D eigenvalue weighted by atomic mass is 19.1. The lowest BCUT2D eigenvalue weighted by atomic mass is 9.87. The van der Waals surface area contributed by atoms with Gasteiger partial charge in [-0.1, -0.05) is 30.3 Å². The minimum absolute atomic E-state index is 0.0250. The largest absolute Gasteiger partial charge is 0.480 e. The van der Waals surface area contributed by atoms with Crippen molar-refractivity contribution in [1.82, 2.24) is 29.8 Å². The van der Waals surface area contributed by atoms with Gasteiger partial charge in [-0.05, 0) is 31.4 Å². The van der Waals surface area contributed by atoms with Crippen molar-refractivity contribution in [2.45, 2.75) is 44.7 Å². The zero-order valence-electron chi connectivity index (χ0n) is 21.7. The van der Waals surface area contributed by atoms with Crippen LogP contribution < -0.4 is 5.32 Å². The Labute approximate surface area is 227 Å². The Kier molecular flexibility index (Phi) is 7.54. The molecule has 11 nitrogen and oxygen atoms in total. The van der Waals surface area contributed by atoms with Gasteiger partial charge in [0.25, 0.3) is 0 Å². The first-order chi connectivity index (χ1) is 19.3. The first-order valence-corrected chi connectivity index (χ1v) is 12.8. The van der Waals surface area contributed by atoms with Crippen LogP contribution in [-0.4, -0.2) is 65.4 Å². The molecule has 0 bridgehead atoms. The van der Waals surface area contributed by atoms with E-state index in [0.717, 1.165) is 6.20 Å². The lowest BCUT2D eigenvalue weighted by molar-refractivity contribution is -0.146. The molecule has 2 N–H and O–H groups in total. The van der Waals surface area contributed by atoms with E-state index in [1.165, 1.54) is 17.0 Å². The molecule has 0 unspecified atom stereocenters. The molecule has 1 aliphatic rings. The summed E-state index contributed by atoms with van der Waals surface area (Å²) >= 11 is 0. The molecule has 0 aliphatic carbocycles. The number of carboxylic acids is 1. The number of carboxylic acid groups (broad SMARTS) is 1. The standard InChI is InChI=1S/C27H27F2N7O4/c1-2-5-23(37)35-11-9-27(10-12-35,26(38)39)32-24-19(29)15-30-25(31-24)21-14-22(20-8-13-40-34-20)36(33-21)16-17-6-3-4-7-18(17)28/h3-4,6-8,13-15H,2,5,9-12,16H2,1H3,(H,38,39)(H,30,31,32). The predicted molar refractivity (Wildman–Crippen MR) is 139 cm³/mol. The average molecular weight is 552 g/mol. The number of aliphatic carboxylic acids is 1. The highest BCUT2D eigenvalue weighted by molar-refractivity contribution is 5.84. The fraction of sp³-hybridized carbons (Fsp3) is 0.333. The van der Waals surface area contributed by atoms with Gasteiger partial charge >= 0.3 is 5.97 Å². The number of halogens is 2. The molecule has 1 fully saturated rings. The molecule has 0 spiro atoms. The summed E-state index contributed by atoms with van der Waals surface area (Å²) in [5, 5.41) is 21.3. The predicted octanol–water partition coefficient (Wildman–Crippen LogP) is 3.98. The molecule has 1 aromatic carbocycles. The van der Waals surface area contributed by atoms with Crippen molar-refractivity contribution in [2.75, 3.05) is 18.4 Å². The lowest BCUT2D eigenvalue weighted by Crippen LogP contribution is -2.55. The number of amides is 1. The van der Waals surface area contributed by atoms with Crippen LogP contribution in [0.3, 0.4) is 0 Å². The van der Waals surface area contributed by atoms with Crippen molar-refractivity contribution >= 4 is 17.7 Å². The number of hydrogen-bond acceptors (Lipinski definition) is 8. The minimum Gasteiger partial charge on any atom is -0.480 e. The van der Waals surface area contributed by atoms with Crippen molar-refractivity contribution in [3.8, 4) is 22.9 Å². The first kappa shape index (κ1) is 26.9. The monoisotopic (exact) mass is 551 g/mol. The van der Waals surface area contributed by atoms with Gasteiger partial charge < -0.3 is 19.8 Å². The molecule has 0 radical (unpaired) electrons. The van der Waals surface area contributed by atoms with Crippen LogP contribution in [-0.2, 0) is 16.1 Å². The molecular formula is C27H27F2N7O4. The van der Waals surface area contributed by atoms with E-state index in [0.29, 0.717) is 29.8 Å². The second-order valence-electron chi connectivity index (χ2n) is 9.58. The third-order valence-electron chi connectivity index (χ3n) is 6.93. The van der Waals surface area contributed by atoms with E-state index in [-0.39, 0.29) is 55.7 Å². The molecule has 0 atom stereocenters. The second-order valence-corrected chi connectivity index (χ2v) is 9.58. The van der Waals surface area contributed by atoms with Gasteiger partial charge in [-0.25, -0.2) is 23.5 Å². The maximum atomic E-state index is 14.9. The Bertz CT molecular complexity index is 1520. The number of carbonyl (C=O) groups excluding carboxylic acids is 1. The Hall–Kier alpha value is -4.68. The summed E-state index contributed by atoms with van der Waals surface area (Å²) in [5.41, 5.74) is 0.0226. The highest BCUT2D eigenvalue weighted by Crippen LogP contribution is 2.30. The van der Waals surface area contributed by atoms with E-state index in [1.54, 1.807) is 35.2 Å². The molecule has 1 aliphatic heterocycles. The molecule has 4 aromatic rings. The van der Waals surface area contributed by atoms with Crippen molar-refractivity contribution in [1.29, 1.82) is 0 Å². The highest BCUT2D eigenvalue weighted by Gasteiger charge is 2.43. The molecule has 208 valence electrons. The topological polar surface area (TPSA) is 139 Å². The van der Waals surface area contributed by atoms with Crippen molar-refractivity contribution < 1.29 is 28.0 Å². The molecule has 4 heterocycles. The zero-order chi connectivity index (χ0) is 28.3. The maximum Gasteiger partial charge on any atom is 0.329 e. The summed E-state index contributed by atoms with van der Waals surface area (Å²) < 4.78 is 35.7. The van der Waals surface area contributed by atoms with E-state index in [2.05, 4.69) is 25.5 Å². The summed E-state index contributed by atoms with van der Waals surface area (Å²) in [6.07, 6.45) is 3.55. The van der Waals surface area contributed by atoms with Gasteiger partial charge in [-0.2, -0.15) is 5.10 Å². The van der Waals surface area contributed by atoms with E-state index >= 15 is 0 Å². The van der Waals surface area contributed by atoms with Crippen LogP contribution in [0.4, 0.5) is 14.6 Å². The van der Waals surface area contributed by atoms with Crippen LogP contribution >= 0.6 is 0 Å². The average Bonchev–Trinajstić information content (AvgIpc) is 3.62. The number of likely N-dealkylation sites (tertiary alicyclic amines) is 1. The summed E-state index contributed by atoms with van der Waals surface area (Å²) in [6, 6.07) is 9.50. The zero-order valence-corrected chi connectivity index (χ0v) is 21.7. The summed E-state index contributed by atoms with van der Waals surface area (Å²) in [5.74, 6) is -2.72. The quantitative estimate of drug-likeness (QED) is 0.316. The van der Waals surface area contributed by atoms with E-state index in [1.807, 2.05) is 6.92 Å². The van der Waals surface area contributed by atoms with E-state index < -0.39 is 23.1 Å². The fourth-order valence-corrected chi connectivity index (χ4v) is 4.69. The van der Waals surface area contributed by atoms with Crippen LogP contribution in [0.5, 0.6) is 0 Å². The molecule has 1 amide bonds. The van der Waals surface area contributed by atoms with Crippen LogP contribution in [0.1, 0.15) is 38.2 Å². The summed E-state index contributed by atoms with van der Waals surface area (Å²) in [6.45, 7) is 2.41. The maximum absolute atomic E-state index is 14.9. The third kappa shape index (κ3) is 5.40. The number of benzene rings is 1. The number of carbonyl (C=O) groups is 2. The molecule has 3 aromatic heterocycles. The van der Waals surface area contributed by atoms with E-state index in [9.17, 15) is 23.5 Å². The molecule has 1 saturated heterocycles. The van der Waals surface area contributed by atoms with Gasteiger partial charge in [-0.3, -0.25) is 9.48 Å². The van der Waals surface area contributed by atoms with Gasteiger partial charge in [0, 0.05) is 31.1 Å². The van der Waals surface area contributed by atoms with Crippen molar-refractivity contribution in [3.63, 3.8) is 0 Å². The van der Waals surface area contributed by atoms with Gasteiger partial charge in [0.05, 0.1) is 18.4 Å². The third-order valence-corrected chi connectivity index (χ3v) is 6.93. The van der Waals surface area contributed by atoms with Crippen LogP contribution in [0, 0.1) is 11.6 Å². The smallest absolute Gasteiger partial charge is 0.329 e. The van der Waals surface area contributed by atoms with Gasteiger partial charge in [0.1, 0.15) is 29.0 Å². The fourth-order valence-electron chi connectivity index (χ4n) is 4.69. The summed E-state index contributed by atoms with van der Waals surface area (Å²) in [4.78, 5) is 34.6. The Morgan fingerprint density at radius 2 is 1.90 bits per heavy atom. The number of nitrogens with one attached hydrogen (secondary N) is 1. The molecule has 5 rings (SSSR count). The molecular weight excluding hydrogens is 524 g/mol. The SMILES string of the molecule is CCCC(=O)N1CCC(Nc2nc(-c3cc(-c4ccon4)n(Cc4ccccc4F)n3)ncc2F)(C(=O)O)CC1. The first-order valence-electron chi connectivity index (χ1n) is 12.8. The van der Waals surface area contributed by atoms with Gasteiger partial charge in [0.2, 0.25) is 5.91 Å². The van der Waals surface area contributed by atoms with Crippen LogP contribution in [0.15, 0.2) is 53.4 Å². The number of nitrogens with zero attached hydrogens (tertiary/aromatic N) is 6. The number of rotatable bonds is 9. The Morgan fingerprint density at radius 1 is 1.12 bits per heavy atom. The Balaban J connectivity index is 1.45. The number of anilines is 1. The molecule has 13 heteroatoms. The van der Waals surface area contributed by atoms with E-state index in [4.69, 9.17) is 4.52 Å².